The van der Waals surface area contributed by atoms with Gasteiger partial charge in [-0.25, -0.2) is 4.39 Å². The fourth-order valence-electron chi connectivity index (χ4n) is 1.85. The second-order valence-corrected chi connectivity index (χ2v) is 6.16. The third-order valence-electron chi connectivity index (χ3n) is 3.08. The SMILES string of the molecule is CCC(N)Cc1ccc(Sc2ccccc2Cl)c(F)c1. The molecule has 2 N–H and O–H groups in total. The summed E-state index contributed by atoms with van der Waals surface area (Å²) in [5.74, 6) is -0.226. The van der Waals surface area contributed by atoms with Crippen LogP contribution in [0.1, 0.15) is 18.9 Å². The van der Waals surface area contributed by atoms with Crippen LogP contribution in [-0.2, 0) is 6.42 Å². The average molecular weight is 310 g/mol. The van der Waals surface area contributed by atoms with Crippen LogP contribution in [-0.4, -0.2) is 6.04 Å². The van der Waals surface area contributed by atoms with Gasteiger partial charge in [0, 0.05) is 15.8 Å². The van der Waals surface area contributed by atoms with Crippen LogP contribution < -0.4 is 5.73 Å². The van der Waals surface area contributed by atoms with Crippen LogP contribution in [0.25, 0.3) is 0 Å². The predicted molar refractivity (Wildman–Crippen MR) is 83.9 cm³/mol. The van der Waals surface area contributed by atoms with E-state index in [4.69, 9.17) is 17.3 Å². The zero-order chi connectivity index (χ0) is 14.5. The maximum absolute atomic E-state index is 14.1. The lowest BCUT2D eigenvalue weighted by Gasteiger charge is -2.10. The van der Waals surface area contributed by atoms with E-state index in [1.807, 2.05) is 31.2 Å². The molecule has 0 amide bonds. The Kier molecular flexibility index (Phi) is 5.46. The van der Waals surface area contributed by atoms with Gasteiger partial charge in [0.05, 0.1) is 5.02 Å². The molecule has 0 radical (unpaired) electrons. The molecule has 0 aliphatic heterocycles. The highest BCUT2D eigenvalue weighted by Gasteiger charge is 2.09. The van der Waals surface area contributed by atoms with Crippen molar-refractivity contribution < 1.29 is 4.39 Å². The number of rotatable bonds is 5. The summed E-state index contributed by atoms with van der Waals surface area (Å²) in [7, 11) is 0. The van der Waals surface area contributed by atoms with Crippen molar-refractivity contribution in [1.29, 1.82) is 0 Å². The molecule has 0 aliphatic rings. The van der Waals surface area contributed by atoms with Crippen molar-refractivity contribution in [2.45, 2.75) is 35.6 Å². The molecule has 2 rings (SSSR count). The van der Waals surface area contributed by atoms with Gasteiger partial charge in [0.25, 0.3) is 0 Å². The minimum absolute atomic E-state index is 0.0801. The number of nitrogens with two attached hydrogens (primary N) is 1. The molecule has 0 aromatic heterocycles. The first kappa shape index (κ1) is 15.4. The van der Waals surface area contributed by atoms with Gasteiger partial charge in [-0.15, -0.1) is 0 Å². The molecule has 0 fully saturated rings. The highest BCUT2D eigenvalue weighted by atomic mass is 35.5. The van der Waals surface area contributed by atoms with Crippen molar-refractivity contribution in [3.05, 3.63) is 58.9 Å². The Bertz CT molecular complexity index is 588. The maximum Gasteiger partial charge on any atom is 0.137 e. The van der Waals surface area contributed by atoms with Crippen LogP contribution in [0.15, 0.2) is 52.3 Å². The first-order valence-corrected chi connectivity index (χ1v) is 7.76. The van der Waals surface area contributed by atoms with Crippen molar-refractivity contribution in [3.8, 4) is 0 Å². The topological polar surface area (TPSA) is 26.0 Å². The van der Waals surface area contributed by atoms with Gasteiger partial charge in [-0.2, -0.15) is 0 Å². The monoisotopic (exact) mass is 309 g/mol. The molecule has 1 atom stereocenters. The van der Waals surface area contributed by atoms with Gasteiger partial charge < -0.3 is 5.73 Å². The summed E-state index contributed by atoms with van der Waals surface area (Å²) in [6.07, 6.45) is 1.59. The molecule has 2 aromatic rings. The molecule has 0 saturated heterocycles. The Hall–Kier alpha value is -1.03. The second kappa shape index (κ2) is 7.11. The molecular formula is C16H17ClFNS. The molecule has 0 spiro atoms. The lowest BCUT2D eigenvalue weighted by molar-refractivity contribution is 0.593. The standard InChI is InChI=1S/C16H17ClFNS/c1-2-12(19)9-11-7-8-16(14(18)10-11)20-15-6-4-3-5-13(15)17/h3-8,10,12H,2,9,19H2,1H3. The molecule has 106 valence electrons. The highest BCUT2D eigenvalue weighted by Crippen LogP contribution is 2.34. The number of benzene rings is 2. The third-order valence-corrected chi connectivity index (χ3v) is 4.64. The minimum Gasteiger partial charge on any atom is -0.327 e. The van der Waals surface area contributed by atoms with Crippen molar-refractivity contribution in [3.63, 3.8) is 0 Å². The summed E-state index contributed by atoms with van der Waals surface area (Å²) in [6.45, 7) is 2.03. The Morgan fingerprint density at radius 1 is 1.20 bits per heavy atom. The maximum atomic E-state index is 14.1. The average Bonchev–Trinajstić information content (AvgIpc) is 2.44. The van der Waals surface area contributed by atoms with Crippen LogP contribution in [0.3, 0.4) is 0 Å². The molecule has 0 heterocycles. The summed E-state index contributed by atoms with van der Waals surface area (Å²) in [4.78, 5) is 1.43. The molecule has 4 heteroatoms. The van der Waals surface area contributed by atoms with E-state index in [-0.39, 0.29) is 11.9 Å². The van der Waals surface area contributed by atoms with Crippen molar-refractivity contribution in [2.24, 2.45) is 5.73 Å². The Morgan fingerprint density at radius 3 is 2.60 bits per heavy atom. The molecule has 0 aliphatic carbocycles. The van der Waals surface area contributed by atoms with E-state index in [1.165, 1.54) is 11.8 Å². The molecular weight excluding hydrogens is 293 g/mol. The van der Waals surface area contributed by atoms with Gasteiger partial charge >= 0.3 is 0 Å². The first-order valence-electron chi connectivity index (χ1n) is 6.56. The van der Waals surface area contributed by atoms with E-state index in [0.717, 1.165) is 16.9 Å². The van der Waals surface area contributed by atoms with E-state index >= 15 is 0 Å². The normalized spacial score (nSPS) is 12.4. The lowest BCUT2D eigenvalue weighted by atomic mass is 10.0. The smallest absolute Gasteiger partial charge is 0.137 e. The Morgan fingerprint density at radius 2 is 1.95 bits per heavy atom. The van der Waals surface area contributed by atoms with Gasteiger partial charge in [-0.3, -0.25) is 0 Å². The van der Waals surface area contributed by atoms with Gasteiger partial charge in [0.2, 0.25) is 0 Å². The summed E-state index contributed by atoms with van der Waals surface area (Å²) in [5, 5.41) is 0.633. The minimum atomic E-state index is -0.226. The molecule has 0 saturated carbocycles. The quantitative estimate of drug-likeness (QED) is 0.849. The van der Waals surface area contributed by atoms with Crippen LogP contribution in [0.5, 0.6) is 0 Å². The van der Waals surface area contributed by atoms with E-state index in [0.29, 0.717) is 16.3 Å². The molecule has 1 nitrogen and oxygen atoms in total. The lowest BCUT2D eigenvalue weighted by Crippen LogP contribution is -2.21. The van der Waals surface area contributed by atoms with Gasteiger partial charge in [0.1, 0.15) is 5.82 Å². The van der Waals surface area contributed by atoms with E-state index in [2.05, 4.69) is 0 Å². The van der Waals surface area contributed by atoms with Crippen LogP contribution in [0.2, 0.25) is 5.02 Å². The number of hydrogen-bond acceptors (Lipinski definition) is 2. The fourth-order valence-corrected chi connectivity index (χ4v) is 2.94. The molecule has 0 bridgehead atoms. The molecule has 20 heavy (non-hydrogen) atoms. The Balaban J connectivity index is 2.16. The van der Waals surface area contributed by atoms with E-state index in [9.17, 15) is 4.39 Å². The van der Waals surface area contributed by atoms with Crippen LogP contribution >= 0.6 is 23.4 Å². The Labute approximate surface area is 128 Å². The summed E-state index contributed by atoms with van der Waals surface area (Å²) in [5.41, 5.74) is 6.82. The summed E-state index contributed by atoms with van der Waals surface area (Å²) < 4.78 is 14.1. The zero-order valence-corrected chi connectivity index (χ0v) is 12.8. The summed E-state index contributed by atoms with van der Waals surface area (Å²) in [6, 6.07) is 12.8. The number of halogens is 2. The van der Waals surface area contributed by atoms with Gasteiger partial charge in [-0.1, -0.05) is 48.5 Å². The molecule has 1 unspecified atom stereocenters. The fraction of sp³-hybridized carbons (Fsp3) is 0.250. The van der Waals surface area contributed by atoms with E-state index in [1.54, 1.807) is 18.2 Å². The zero-order valence-electron chi connectivity index (χ0n) is 11.3. The number of hydrogen-bond donors (Lipinski definition) is 1. The van der Waals surface area contributed by atoms with Gasteiger partial charge in [0.15, 0.2) is 0 Å². The molecule has 2 aromatic carbocycles. The second-order valence-electron chi connectivity index (χ2n) is 4.67. The van der Waals surface area contributed by atoms with Crippen molar-refractivity contribution in [2.75, 3.05) is 0 Å². The predicted octanol–water partition coefficient (Wildman–Crippen LogP) is 4.91. The first-order chi connectivity index (χ1) is 9.60. The highest BCUT2D eigenvalue weighted by molar-refractivity contribution is 7.99. The third kappa shape index (κ3) is 3.98. The van der Waals surface area contributed by atoms with Crippen molar-refractivity contribution in [1.82, 2.24) is 0 Å². The van der Waals surface area contributed by atoms with Crippen LogP contribution in [0.4, 0.5) is 4.39 Å². The van der Waals surface area contributed by atoms with Gasteiger partial charge in [-0.05, 0) is 42.7 Å². The van der Waals surface area contributed by atoms with Crippen molar-refractivity contribution >= 4 is 23.4 Å². The van der Waals surface area contributed by atoms with Crippen LogP contribution in [0, 0.1) is 5.82 Å². The summed E-state index contributed by atoms with van der Waals surface area (Å²) >= 11 is 7.42. The largest absolute Gasteiger partial charge is 0.327 e. The van der Waals surface area contributed by atoms with E-state index < -0.39 is 0 Å².